The summed E-state index contributed by atoms with van der Waals surface area (Å²) in [5, 5.41) is 11.9. The molecule has 0 spiro atoms. The molecule has 0 unspecified atom stereocenters. The van der Waals surface area contributed by atoms with Crippen molar-refractivity contribution in [2.45, 2.75) is 19.4 Å². The fraction of sp³-hybridized carbons (Fsp3) is 0.176. The minimum atomic E-state index is -1.04. The molecule has 1 atom stereocenters. The molecule has 2 aromatic rings. The zero-order valence-corrected chi connectivity index (χ0v) is 12.7. The van der Waals surface area contributed by atoms with Crippen molar-refractivity contribution in [1.82, 2.24) is 10.9 Å². The number of aryl methyl sites for hydroxylation is 1. The first-order valence-electron chi connectivity index (χ1n) is 7.21. The number of hydrazine groups is 1. The summed E-state index contributed by atoms with van der Waals surface area (Å²) in [6, 6.07) is 15.1. The molecule has 0 aliphatic carbocycles. The normalized spacial score (nSPS) is 11.5. The van der Waals surface area contributed by atoms with Gasteiger partial charge in [-0.25, -0.2) is 10.2 Å². The smallest absolute Gasteiger partial charge is 0.333 e. The Bertz CT molecular complexity index is 674. The molecule has 0 aliphatic rings. The van der Waals surface area contributed by atoms with Crippen molar-refractivity contribution in [3.8, 4) is 0 Å². The van der Waals surface area contributed by atoms with Crippen molar-refractivity contribution < 1.29 is 14.7 Å². The summed E-state index contributed by atoms with van der Waals surface area (Å²) in [4.78, 5) is 23.2. The molecule has 0 aliphatic heterocycles. The summed E-state index contributed by atoms with van der Waals surface area (Å²) in [5.74, 6) is -1.04. The number of aliphatic carboxylic acids is 1. The molecule has 2 aromatic carbocycles. The van der Waals surface area contributed by atoms with Crippen LogP contribution in [0, 0.1) is 6.92 Å². The second-order valence-electron chi connectivity index (χ2n) is 5.12. The van der Waals surface area contributed by atoms with Crippen LogP contribution in [0.4, 0.5) is 10.5 Å². The molecular formula is C17H19N3O3. The summed E-state index contributed by atoms with van der Waals surface area (Å²) in [6.07, 6.45) is 0.265. The van der Waals surface area contributed by atoms with Crippen LogP contribution in [-0.2, 0) is 11.2 Å². The summed E-state index contributed by atoms with van der Waals surface area (Å²) < 4.78 is 0. The van der Waals surface area contributed by atoms with Crippen molar-refractivity contribution in [3.63, 3.8) is 0 Å². The van der Waals surface area contributed by atoms with Crippen LogP contribution >= 0.6 is 0 Å². The SMILES string of the molecule is Cc1ccccc1NC(=O)NN[C@@H](Cc1ccccc1)C(=O)O. The van der Waals surface area contributed by atoms with E-state index in [1.54, 1.807) is 6.07 Å². The maximum Gasteiger partial charge on any atom is 0.333 e. The lowest BCUT2D eigenvalue weighted by Crippen LogP contribution is -2.50. The fourth-order valence-electron chi connectivity index (χ4n) is 2.07. The van der Waals surface area contributed by atoms with Gasteiger partial charge in [0.25, 0.3) is 0 Å². The molecule has 2 rings (SSSR count). The number of amides is 2. The summed E-state index contributed by atoms with van der Waals surface area (Å²) in [7, 11) is 0. The fourth-order valence-corrected chi connectivity index (χ4v) is 2.07. The summed E-state index contributed by atoms with van der Waals surface area (Å²) >= 11 is 0. The highest BCUT2D eigenvalue weighted by Crippen LogP contribution is 2.12. The molecule has 0 saturated carbocycles. The van der Waals surface area contributed by atoms with Crippen LogP contribution in [0.1, 0.15) is 11.1 Å². The number of carboxylic acid groups (broad SMARTS) is 1. The lowest BCUT2D eigenvalue weighted by atomic mass is 10.1. The first kappa shape index (κ1) is 16.5. The molecule has 120 valence electrons. The lowest BCUT2D eigenvalue weighted by Gasteiger charge is -2.16. The van der Waals surface area contributed by atoms with Crippen molar-refractivity contribution in [2.24, 2.45) is 0 Å². The predicted octanol–water partition coefficient (Wildman–Crippen LogP) is 2.32. The number of rotatable bonds is 6. The Labute approximate surface area is 134 Å². The Kier molecular flexibility index (Phi) is 5.71. The van der Waals surface area contributed by atoms with E-state index < -0.39 is 18.0 Å². The monoisotopic (exact) mass is 313 g/mol. The molecule has 0 heterocycles. The van der Waals surface area contributed by atoms with E-state index in [1.165, 1.54) is 0 Å². The standard InChI is InChI=1S/C17H19N3O3/c1-12-7-5-6-10-14(12)18-17(23)20-19-15(16(21)22)11-13-8-3-2-4-9-13/h2-10,15,19H,11H2,1H3,(H,21,22)(H2,18,20,23)/t15-/m0/s1. The first-order valence-corrected chi connectivity index (χ1v) is 7.21. The van der Waals surface area contributed by atoms with Crippen molar-refractivity contribution in [3.05, 3.63) is 65.7 Å². The second-order valence-corrected chi connectivity index (χ2v) is 5.12. The molecular weight excluding hydrogens is 294 g/mol. The highest BCUT2D eigenvalue weighted by molar-refractivity contribution is 5.90. The third-order valence-electron chi connectivity index (χ3n) is 3.33. The molecule has 0 aromatic heterocycles. The predicted molar refractivity (Wildman–Crippen MR) is 88.0 cm³/mol. The minimum absolute atomic E-state index is 0.265. The van der Waals surface area contributed by atoms with E-state index in [0.717, 1.165) is 11.1 Å². The number of carbonyl (C=O) groups is 2. The molecule has 0 saturated heterocycles. The van der Waals surface area contributed by atoms with Gasteiger partial charge in [-0.2, -0.15) is 0 Å². The van der Waals surface area contributed by atoms with E-state index in [1.807, 2.05) is 55.5 Å². The van der Waals surface area contributed by atoms with Crippen molar-refractivity contribution >= 4 is 17.7 Å². The molecule has 4 N–H and O–H groups in total. The molecule has 6 nitrogen and oxygen atoms in total. The molecule has 6 heteroatoms. The Balaban J connectivity index is 1.90. The Morgan fingerprint density at radius 3 is 2.35 bits per heavy atom. The third kappa shape index (κ3) is 5.12. The van der Waals surface area contributed by atoms with E-state index in [-0.39, 0.29) is 6.42 Å². The number of nitrogens with one attached hydrogen (secondary N) is 3. The Hall–Kier alpha value is -2.86. The maximum atomic E-state index is 11.9. The van der Waals surface area contributed by atoms with Gasteiger partial charge in [0.05, 0.1) is 0 Å². The number of para-hydroxylation sites is 1. The van der Waals surface area contributed by atoms with E-state index in [0.29, 0.717) is 5.69 Å². The zero-order valence-electron chi connectivity index (χ0n) is 12.7. The highest BCUT2D eigenvalue weighted by atomic mass is 16.4. The quantitative estimate of drug-likeness (QED) is 0.616. The van der Waals surface area contributed by atoms with Gasteiger partial charge in [-0.3, -0.25) is 10.2 Å². The van der Waals surface area contributed by atoms with Crippen LogP contribution in [0.15, 0.2) is 54.6 Å². The van der Waals surface area contributed by atoms with E-state index in [4.69, 9.17) is 0 Å². The zero-order chi connectivity index (χ0) is 16.7. The largest absolute Gasteiger partial charge is 0.480 e. The topological polar surface area (TPSA) is 90.5 Å². The average Bonchev–Trinajstić information content (AvgIpc) is 2.54. The van der Waals surface area contributed by atoms with Gasteiger partial charge >= 0.3 is 12.0 Å². The van der Waals surface area contributed by atoms with Crippen LogP contribution in [0.5, 0.6) is 0 Å². The number of urea groups is 1. The minimum Gasteiger partial charge on any atom is -0.480 e. The number of benzene rings is 2. The van der Waals surface area contributed by atoms with Crippen LogP contribution in [0.2, 0.25) is 0 Å². The van der Waals surface area contributed by atoms with E-state index >= 15 is 0 Å². The molecule has 0 radical (unpaired) electrons. The van der Waals surface area contributed by atoms with Gasteiger partial charge in [0, 0.05) is 12.1 Å². The average molecular weight is 313 g/mol. The van der Waals surface area contributed by atoms with Gasteiger partial charge < -0.3 is 10.4 Å². The molecule has 23 heavy (non-hydrogen) atoms. The second kappa shape index (κ2) is 7.95. The highest BCUT2D eigenvalue weighted by Gasteiger charge is 2.18. The first-order chi connectivity index (χ1) is 11.1. The van der Waals surface area contributed by atoms with Gasteiger partial charge in [0.2, 0.25) is 0 Å². The summed E-state index contributed by atoms with van der Waals surface area (Å²) in [5.41, 5.74) is 7.38. The van der Waals surface area contributed by atoms with Crippen LogP contribution in [-0.4, -0.2) is 23.1 Å². The van der Waals surface area contributed by atoms with Gasteiger partial charge in [0.1, 0.15) is 6.04 Å². The maximum absolute atomic E-state index is 11.9. The number of carboxylic acids is 1. The number of carbonyl (C=O) groups excluding carboxylic acids is 1. The van der Waals surface area contributed by atoms with Gasteiger partial charge in [-0.05, 0) is 24.1 Å². The lowest BCUT2D eigenvalue weighted by molar-refractivity contribution is -0.139. The Morgan fingerprint density at radius 2 is 1.70 bits per heavy atom. The van der Waals surface area contributed by atoms with Gasteiger partial charge in [0.15, 0.2) is 0 Å². The molecule has 0 fully saturated rings. The third-order valence-corrected chi connectivity index (χ3v) is 3.33. The van der Waals surface area contributed by atoms with Crippen molar-refractivity contribution in [1.29, 1.82) is 0 Å². The van der Waals surface area contributed by atoms with E-state index in [2.05, 4.69) is 16.2 Å². The van der Waals surface area contributed by atoms with Crippen LogP contribution < -0.4 is 16.2 Å². The van der Waals surface area contributed by atoms with Gasteiger partial charge in [-0.15, -0.1) is 0 Å². The Morgan fingerprint density at radius 1 is 1.04 bits per heavy atom. The van der Waals surface area contributed by atoms with Gasteiger partial charge in [-0.1, -0.05) is 48.5 Å². The van der Waals surface area contributed by atoms with Crippen LogP contribution in [0.25, 0.3) is 0 Å². The molecule has 2 amide bonds. The van der Waals surface area contributed by atoms with E-state index in [9.17, 15) is 14.7 Å². The number of hydrogen-bond donors (Lipinski definition) is 4. The van der Waals surface area contributed by atoms with Crippen molar-refractivity contribution in [2.75, 3.05) is 5.32 Å². The molecule has 0 bridgehead atoms. The summed E-state index contributed by atoms with van der Waals surface area (Å²) in [6.45, 7) is 1.87. The van der Waals surface area contributed by atoms with Crippen LogP contribution in [0.3, 0.4) is 0 Å². The number of hydrogen-bond acceptors (Lipinski definition) is 3. The number of anilines is 1.